The van der Waals surface area contributed by atoms with E-state index in [0.717, 1.165) is 11.3 Å². The standard InChI is InChI=1S/C21H24N4O2/c1-21(2,3)17-6-10-19(11-7-17)27-13-20(26)24-18-8-4-16(5-9-18)12-25-15-22-14-23-25/h4-11,14-15H,12-13H2,1-3H3,(H,24,26). The van der Waals surface area contributed by atoms with Gasteiger partial charge in [-0.1, -0.05) is 45.0 Å². The number of hydrogen-bond acceptors (Lipinski definition) is 4. The molecule has 3 rings (SSSR count). The van der Waals surface area contributed by atoms with Crippen molar-refractivity contribution >= 4 is 11.6 Å². The molecule has 0 bridgehead atoms. The van der Waals surface area contributed by atoms with Crippen LogP contribution in [0.2, 0.25) is 0 Å². The van der Waals surface area contributed by atoms with Crippen molar-refractivity contribution in [1.29, 1.82) is 0 Å². The molecule has 0 saturated heterocycles. The quantitative estimate of drug-likeness (QED) is 0.725. The molecule has 0 saturated carbocycles. The highest BCUT2D eigenvalue weighted by Crippen LogP contribution is 2.24. The molecule has 1 amide bonds. The molecule has 0 atom stereocenters. The summed E-state index contributed by atoms with van der Waals surface area (Å²) >= 11 is 0. The summed E-state index contributed by atoms with van der Waals surface area (Å²) in [5.74, 6) is 0.486. The second-order valence-corrected chi connectivity index (χ2v) is 7.40. The third kappa shape index (κ3) is 5.41. The van der Waals surface area contributed by atoms with Crippen LogP contribution in [0.15, 0.2) is 61.2 Å². The van der Waals surface area contributed by atoms with E-state index in [-0.39, 0.29) is 17.9 Å². The van der Waals surface area contributed by atoms with Gasteiger partial charge in [0.2, 0.25) is 0 Å². The molecule has 0 spiro atoms. The maximum Gasteiger partial charge on any atom is 0.262 e. The Morgan fingerprint density at radius 3 is 2.37 bits per heavy atom. The van der Waals surface area contributed by atoms with Gasteiger partial charge in [0.1, 0.15) is 18.4 Å². The monoisotopic (exact) mass is 364 g/mol. The minimum Gasteiger partial charge on any atom is -0.484 e. The van der Waals surface area contributed by atoms with Gasteiger partial charge in [0.05, 0.1) is 6.54 Å². The predicted octanol–water partition coefficient (Wildman–Crippen LogP) is 3.64. The van der Waals surface area contributed by atoms with Gasteiger partial charge in [-0.3, -0.25) is 4.79 Å². The minimum absolute atomic E-state index is 0.0322. The van der Waals surface area contributed by atoms with E-state index in [4.69, 9.17) is 4.74 Å². The molecular weight excluding hydrogens is 340 g/mol. The Hall–Kier alpha value is -3.15. The molecule has 1 heterocycles. The summed E-state index contributed by atoms with van der Waals surface area (Å²) in [5.41, 5.74) is 3.13. The summed E-state index contributed by atoms with van der Waals surface area (Å²) in [5, 5.41) is 6.91. The Morgan fingerprint density at radius 1 is 1.07 bits per heavy atom. The molecule has 1 N–H and O–H groups in total. The molecule has 3 aromatic rings. The number of aromatic nitrogens is 3. The number of amides is 1. The van der Waals surface area contributed by atoms with E-state index in [1.807, 2.05) is 48.5 Å². The number of ether oxygens (including phenoxy) is 1. The molecule has 2 aromatic carbocycles. The van der Waals surface area contributed by atoms with Crippen molar-refractivity contribution in [2.75, 3.05) is 11.9 Å². The Morgan fingerprint density at radius 2 is 1.78 bits per heavy atom. The summed E-state index contributed by atoms with van der Waals surface area (Å²) < 4.78 is 7.31. The second kappa shape index (κ2) is 8.03. The van der Waals surface area contributed by atoms with Gasteiger partial charge in [0.25, 0.3) is 5.91 Å². The SMILES string of the molecule is CC(C)(C)c1ccc(OCC(=O)Nc2ccc(Cn3cncn3)cc2)cc1. The summed E-state index contributed by atoms with van der Waals surface area (Å²) in [6.45, 7) is 7.09. The Labute approximate surface area is 159 Å². The van der Waals surface area contributed by atoms with Gasteiger partial charge >= 0.3 is 0 Å². The van der Waals surface area contributed by atoms with Crippen LogP contribution in [-0.2, 0) is 16.8 Å². The van der Waals surface area contributed by atoms with E-state index >= 15 is 0 Å². The lowest BCUT2D eigenvalue weighted by atomic mass is 9.87. The van der Waals surface area contributed by atoms with Crippen molar-refractivity contribution in [3.8, 4) is 5.75 Å². The van der Waals surface area contributed by atoms with Crippen LogP contribution in [0.25, 0.3) is 0 Å². The van der Waals surface area contributed by atoms with E-state index in [0.29, 0.717) is 12.3 Å². The molecule has 0 aliphatic rings. The van der Waals surface area contributed by atoms with Crippen molar-refractivity contribution in [2.24, 2.45) is 0 Å². The van der Waals surface area contributed by atoms with Gasteiger partial charge in [-0.05, 0) is 40.8 Å². The Kier molecular flexibility index (Phi) is 5.54. The van der Waals surface area contributed by atoms with Crippen LogP contribution in [0.5, 0.6) is 5.75 Å². The van der Waals surface area contributed by atoms with Gasteiger partial charge in [0.15, 0.2) is 6.61 Å². The number of benzene rings is 2. The second-order valence-electron chi connectivity index (χ2n) is 7.40. The molecule has 6 nitrogen and oxygen atoms in total. The first-order valence-electron chi connectivity index (χ1n) is 8.85. The van der Waals surface area contributed by atoms with Crippen molar-refractivity contribution in [3.63, 3.8) is 0 Å². The lowest BCUT2D eigenvalue weighted by Crippen LogP contribution is -2.20. The van der Waals surface area contributed by atoms with Crippen molar-refractivity contribution in [1.82, 2.24) is 14.8 Å². The van der Waals surface area contributed by atoms with E-state index < -0.39 is 0 Å². The third-order valence-corrected chi connectivity index (χ3v) is 4.14. The summed E-state index contributed by atoms with van der Waals surface area (Å²) in [7, 11) is 0. The molecule has 27 heavy (non-hydrogen) atoms. The maximum absolute atomic E-state index is 12.1. The molecule has 0 aliphatic carbocycles. The van der Waals surface area contributed by atoms with E-state index in [2.05, 4.69) is 36.2 Å². The molecular formula is C21H24N4O2. The molecule has 0 fully saturated rings. The van der Waals surface area contributed by atoms with E-state index in [1.165, 1.54) is 11.9 Å². The normalized spacial score (nSPS) is 11.2. The lowest BCUT2D eigenvalue weighted by molar-refractivity contribution is -0.118. The van der Waals surface area contributed by atoms with Gasteiger partial charge in [-0.2, -0.15) is 5.10 Å². The zero-order valence-corrected chi connectivity index (χ0v) is 15.8. The number of rotatable bonds is 6. The largest absolute Gasteiger partial charge is 0.484 e. The van der Waals surface area contributed by atoms with Crippen molar-refractivity contribution in [3.05, 3.63) is 72.3 Å². The zero-order chi connectivity index (χ0) is 19.3. The van der Waals surface area contributed by atoms with Gasteiger partial charge in [-0.25, -0.2) is 9.67 Å². The Bertz CT molecular complexity index is 864. The van der Waals surface area contributed by atoms with Gasteiger partial charge < -0.3 is 10.1 Å². The lowest BCUT2D eigenvalue weighted by Gasteiger charge is -2.19. The van der Waals surface area contributed by atoms with E-state index in [9.17, 15) is 4.79 Å². The third-order valence-electron chi connectivity index (χ3n) is 4.14. The first kappa shape index (κ1) is 18.6. The van der Waals surface area contributed by atoms with Crippen LogP contribution < -0.4 is 10.1 Å². The highest BCUT2D eigenvalue weighted by Gasteiger charge is 2.13. The first-order valence-corrected chi connectivity index (χ1v) is 8.85. The number of hydrogen-bond donors (Lipinski definition) is 1. The van der Waals surface area contributed by atoms with Crippen molar-refractivity contribution < 1.29 is 9.53 Å². The summed E-state index contributed by atoms with van der Waals surface area (Å²) in [6, 6.07) is 15.5. The van der Waals surface area contributed by atoms with Crippen LogP contribution in [-0.4, -0.2) is 27.3 Å². The molecule has 1 aromatic heterocycles. The fraction of sp³-hybridized carbons (Fsp3) is 0.286. The topological polar surface area (TPSA) is 69.0 Å². The molecule has 0 aliphatic heterocycles. The van der Waals surface area contributed by atoms with Crippen LogP contribution in [0.1, 0.15) is 31.9 Å². The van der Waals surface area contributed by atoms with E-state index in [1.54, 1.807) is 11.0 Å². The van der Waals surface area contributed by atoms with Crippen LogP contribution in [0, 0.1) is 0 Å². The number of nitrogens with one attached hydrogen (secondary N) is 1. The predicted molar refractivity (Wildman–Crippen MR) is 105 cm³/mol. The summed E-state index contributed by atoms with van der Waals surface area (Å²) in [4.78, 5) is 16.0. The molecule has 6 heteroatoms. The average molecular weight is 364 g/mol. The van der Waals surface area contributed by atoms with Gasteiger partial charge in [0, 0.05) is 5.69 Å². The molecule has 0 radical (unpaired) electrons. The zero-order valence-electron chi connectivity index (χ0n) is 15.8. The average Bonchev–Trinajstić information content (AvgIpc) is 3.14. The molecule has 140 valence electrons. The Balaban J connectivity index is 1.49. The summed E-state index contributed by atoms with van der Waals surface area (Å²) in [6.07, 6.45) is 3.17. The highest BCUT2D eigenvalue weighted by molar-refractivity contribution is 5.91. The fourth-order valence-corrected chi connectivity index (χ4v) is 2.59. The smallest absolute Gasteiger partial charge is 0.262 e. The highest BCUT2D eigenvalue weighted by atomic mass is 16.5. The van der Waals surface area contributed by atoms with Crippen LogP contribution in [0.4, 0.5) is 5.69 Å². The first-order chi connectivity index (χ1) is 12.9. The number of carbonyl (C=O) groups excluding carboxylic acids is 1. The number of nitrogens with zero attached hydrogens (tertiary/aromatic N) is 3. The van der Waals surface area contributed by atoms with Crippen molar-refractivity contribution in [2.45, 2.75) is 32.7 Å². The minimum atomic E-state index is -0.195. The molecule has 0 unspecified atom stereocenters. The van der Waals surface area contributed by atoms with Crippen LogP contribution >= 0.6 is 0 Å². The van der Waals surface area contributed by atoms with Gasteiger partial charge in [-0.15, -0.1) is 0 Å². The number of anilines is 1. The fourth-order valence-electron chi connectivity index (χ4n) is 2.59. The maximum atomic E-state index is 12.1. The van der Waals surface area contributed by atoms with Crippen LogP contribution in [0.3, 0.4) is 0 Å². The number of carbonyl (C=O) groups is 1.